The van der Waals surface area contributed by atoms with Gasteiger partial charge in [0.1, 0.15) is 48.8 Å². The number of allylic oxidation sites excluding steroid dienone is 3. The van der Waals surface area contributed by atoms with E-state index in [0.29, 0.717) is 12.8 Å². The van der Waals surface area contributed by atoms with Gasteiger partial charge < -0.3 is 65.1 Å². The molecule has 0 aromatic heterocycles. The molecule has 12 atom stereocenters. The van der Waals surface area contributed by atoms with Crippen LogP contribution in [-0.2, 0) is 23.7 Å². The summed E-state index contributed by atoms with van der Waals surface area (Å²) in [5.41, 5.74) is 0. The van der Waals surface area contributed by atoms with Crippen molar-refractivity contribution in [1.82, 2.24) is 5.32 Å². The lowest BCUT2D eigenvalue weighted by atomic mass is 9.97. The van der Waals surface area contributed by atoms with Gasteiger partial charge in [-0.2, -0.15) is 0 Å². The zero-order valence-corrected chi connectivity index (χ0v) is 25.6. The molecule has 256 valence electrons. The van der Waals surface area contributed by atoms with Crippen LogP contribution >= 0.6 is 0 Å². The maximum atomic E-state index is 12.6. The molecule has 0 aliphatic carbocycles. The van der Waals surface area contributed by atoms with Gasteiger partial charge in [-0.25, -0.2) is 0 Å². The smallest absolute Gasteiger partial charge is 0.220 e. The molecule has 0 spiro atoms. The fourth-order valence-electron chi connectivity index (χ4n) is 4.90. The maximum absolute atomic E-state index is 12.6. The number of hydrogen-bond acceptors (Lipinski definition) is 13. The molecule has 0 radical (unpaired) electrons. The van der Waals surface area contributed by atoms with E-state index in [9.17, 15) is 45.6 Å². The standard InChI is InChI=1S/C30H53NO13/c1-3-5-7-8-9-10-12-13-19(34)18(31-22(35)14-11-6-4-2)17-41-29-27(40)25(38)28(21(16-33)43-29)44-30-26(39)24(37)23(36)20(15-32)42-30/h7-8,12-13,18-21,23-30,32-34,36-40H,3-6,9-11,14-17H2,1-2H3,(H,31,35)/b8-7+,13-12+. The highest BCUT2D eigenvalue weighted by atomic mass is 16.7. The number of rotatable bonds is 19. The maximum Gasteiger partial charge on any atom is 0.220 e. The Balaban J connectivity index is 2.06. The highest BCUT2D eigenvalue weighted by molar-refractivity contribution is 5.76. The van der Waals surface area contributed by atoms with Crippen molar-refractivity contribution in [3.63, 3.8) is 0 Å². The minimum atomic E-state index is -1.78. The largest absolute Gasteiger partial charge is 0.394 e. The third-order valence-corrected chi connectivity index (χ3v) is 7.62. The molecule has 44 heavy (non-hydrogen) atoms. The number of carbonyl (C=O) groups excluding carboxylic acids is 1. The van der Waals surface area contributed by atoms with Gasteiger partial charge in [0.2, 0.25) is 5.91 Å². The molecule has 0 saturated carbocycles. The number of nitrogens with one attached hydrogen (secondary N) is 1. The summed E-state index contributed by atoms with van der Waals surface area (Å²) < 4.78 is 22.2. The van der Waals surface area contributed by atoms with E-state index in [1.54, 1.807) is 12.2 Å². The highest BCUT2D eigenvalue weighted by Gasteiger charge is 2.50. The Hall–Kier alpha value is -1.53. The second-order valence-electron chi connectivity index (χ2n) is 11.2. The molecule has 2 saturated heterocycles. The van der Waals surface area contributed by atoms with Crippen molar-refractivity contribution in [3.8, 4) is 0 Å². The lowest BCUT2D eigenvalue weighted by Gasteiger charge is -2.46. The number of aliphatic hydroxyl groups is 8. The molecule has 9 N–H and O–H groups in total. The van der Waals surface area contributed by atoms with Gasteiger partial charge >= 0.3 is 0 Å². The molecule has 0 aromatic rings. The van der Waals surface area contributed by atoms with E-state index in [1.165, 1.54) is 0 Å². The first-order valence-electron chi connectivity index (χ1n) is 15.6. The minimum Gasteiger partial charge on any atom is -0.394 e. The zero-order valence-electron chi connectivity index (χ0n) is 25.6. The van der Waals surface area contributed by atoms with Crippen LogP contribution in [0.3, 0.4) is 0 Å². The number of ether oxygens (including phenoxy) is 4. The fraction of sp³-hybridized carbons (Fsp3) is 0.833. The van der Waals surface area contributed by atoms with Crippen LogP contribution in [0.25, 0.3) is 0 Å². The molecule has 1 amide bonds. The van der Waals surface area contributed by atoms with E-state index in [1.807, 2.05) is 6.92 Å². The van der Waals surface area contributed by atoms with Crippen LogP contribution in [0.15, 0.2) is 24.3 Å². The Morgan fingerprint density at radius 1 is 0.795 bits per heavy atom. The predicted octanol–water partition coefficient (Wildman–Crippen LogP) is -1.25. The summed E-state index contributed by atoms with van der Waals surface area (Å²) in [4.78, 5) is 12.6. The van der Waals surface area contributed by atoms with Crippen molar-refractivity contribution in [3.05, 3.63) is 24.3 Å². The van der Waals surface area contributed by atoms with Crippen LogP contribution in [0.4, 0.5) is 0 Å². The van der Waals surface area contributed by atoms with E-state index in [0.717, 1.165) is 32.1 Å². The summed E-state index contributed by atoms with van der Waals surface area (Å²) >= 11 is 0. The summed E-state index contributed by atoms with van der Waals surface area (Å²) in [6.07, 6.45) is -3.20. The molecule has 0 aromatic carbocycles. The number of unbranched alkanes of at least 4 members (excludes halogenated alkanes) is 4. The molecule has 2 heterocycles. The molecule has 2 aliphatic heterocycles. The summed E-state index contributed by atoms with van der Waals surface area (Å²) in [6, 6.07) is -0.917. The molecule has 12 unspecified atom stereocenters. The quantitative estimate of drug-likeness (QED) is 0.0598. The van der Waals surface area contributed by atoms with Crippen molar-refractivity contribution in [2.45, 2.75) is 139 Å². The molecule has 14 heteroatoms. The van der Waals surface area contributed by atoms with Crippen LogP contribution in [0.5, 0.6) is 0 Å². The summed E-state index contributed by atoms with van der Waals surface area (Å²) in [6.45, 7) is 2.37. The Kier molecular flexibility index (Phi) is 18.1. The average Bonchev–Trinajstić information content (AvgIpc) is 3.01. The monoisotopic (exact) mass is 635 g/mol. The number of carbonyl (C=O) groups is 1. The van der Waals surface area contributed by atoms with Crippen LogP contribution < -0.4 is 5.32 Å². The molecule has 0 bridgehead atoms. The van der Waals surface area contributed by atoms with Gasteiger partial charge in [-0.15, -0.1) is 0 Å². The van der Waals surface area contributed by atoms with Gasteiger partial charge in [-0.3, -0.25) is 4.79 Å². The number of aliphatic hydroxyl groups excluding tert-OH is 8. The SMILES string of the molecule is CCC/C=C/CC/C=C/C(O)C(COC1OC(CO)C(OC2OC(CO)C(O)C(O)C2O)C(O)C1O)NC(=O)CCCCC. The first kappa shape index (κ1) is 38.7. The molecule has 2 aliphatic rings. The summed E-state index contributed by atoms with van der Waals surface area (Å²) in [5, 5.41) is 84.9. The highest BCUT2D eigenvalue weighted by Crippen LogP contribution is 2.29. The fourth-order valence-corrected chi connectivity index (χ4v) is 4.90. The van der Waals surface area contributed by atoms with Crippen LogP contribution in [0.2, 0.25) is 0 Å². The molecule has 2 fully saturated rings. The van der Waals surface area contributed by atoms with Crippen molar-refractivity contribution in [2.75, 3.05) is 19.8 Å². The van der Waals surface area contributed by atoms with E-state index in [-0.39, 0.29) is 18.9 Å². The van der Waals surface area contributed by atoms with Crippen LogP contribution in [0.1, 0.15) is 65.2 Å². The second-order valence-corrected chi connectivity index (χ2v) is 11.2. The summed E-state index contributed by atoms with van der Waals surface area (Å²) in [7, 11) is 0. The first-order valence-corrected chi connectivity index (χ1v) is 15.6. The third kappa shape index (κ3) is 11.7. The normalized spacial score (nSPS) is 34.4. The van der Waals surface area contributed by atoms with Crippen molar-refractivity contribution in [1.29, 1.82) is 0 Å². The zero-order chi connectivity index (χ0) is 32.6. The van der Waals surface area contributed by atoms with Crippen LogP contribution in [-0.4, -0.2) is 140 Å². The van der Waals surface area contributed by atoms with Gasteiger partial charge in [0.15, 0.2) is 12.6 Å². The van der Waals surface area contributed by atoms with Gasteiger partial charge in [0, 0.05) is 6.42 Å². The van der Waals surface area contributed by atoms with Gasteiger partial charge in [-0.1, -0.05) is 57.4 Å². The van der Waals surface area contributed by atoms with E-state index in [2.05, 4.69) is 24.4 Å². The van der Waals surface area contributed by atoms with Crippen molar-refractivity contribution in [2.24, 2.45) is 0 Å². The Labute approximate surface area is 258 Å². The van der Waals surface area contributed by atoms with Gasteiger partial charge in [0.25, 0.3) is 0 Å². The van der Waals surface area contributed by atoms with E-state index < -0.39 is 86.8 Å². The Morgan fingerprint density at radius 3 is 2.09 bits per heavy atom. The average molecular weight is 636 g/mol. The first-order chi connectivity index (χ1) is 21.1. The van der Waals surface area contributed by atoms with E-state index in [4.69, 9.17) is 18.9 Å². The lowest BCUT2D eigenvalue weighted by Crippen LogP contribution is -2.65. The van der Waals surface area contributed by atoms with Gasteiger partial charge in [-0.05, 0) is 25.7 Å². The topological polar surface area (TPSA) is 228 Å². The number of hydrogen-bond donors (Lipinski definition) is 9. The van der Waals surface area contributed by atoms with Crippen molar-refractivity contribution >= 4 is 5.91 Å². The molecule has 2 rings (SSSR count). The lowest BCUT2D eigenvalue weighted by molar-refractivity contribution is -0.359. The molecular weight excluding hydrogens is 582 g/mol. The summed E-state index contributed by atoms with van der Waals surface area (Å²) in [5.74, 6) is -0.284. The van der Waals surface area contributed by atoms with Crippen LogP contribution in [0, 0.1) is 0 Å². The minimum absolute atomic E-state index is 0.258. The molecule has 14 nitrogen and oxygen atoms in total. The Morgan fingerprint density at radius 2 is 1.43 bits per heavy atom. The second kappa shape index (κ2) is 20.6. The predicted molar refractivity (Wildman–Crippen MR) is 157 cm³/mol. The van der Waals surface area contributed by atoms with E-state index >= 15 is 0 Å². The van der Waals surface area contributed by atoms with Crippen molar-refractivity contribution < 1.29 is 64.6 Å². The Bertz CT molecular complexity index is 857. The molecular formula is C30H53NO13. The number of amides is 1. The van der Waals surface area contributed by atoms with Gasteiger partial charge in [0.05, 0.1) is 32.0 Å². The third-order valence-electron chi connectivity index (χ3n) is 7.62.